The third-order valence-corrected chi connectivity index (χ3v) is 6.51. The number of hydrogen-bond donors (Lipinski definition) is 0. The summed E-state index contributed by atoms with van der Waals surface area (Å²) in [5.41, 5.74) is 0. The molecular weight excluding hydrogens is 363 g/mol. The van der Waals surface area contributed by atoms with E-state index in [4.69, 9.17) is 16.3 Å². The second-order valence-corrected chi connectivity index (χ2v) is 7.46. The smallest absolute Gasteiger partial charge is 0.0940 e. The van der Waals surface area contributed by atoms with Gasteiger partial charge in [-0.1, -0.05) is 0 Å². The van der Waals surface area contributed by atoms with Crippen LogP contribution < -0.4 is 0 Å². The molecule has 5 heteroatoms. The van der Waals surface area contributed by atoms with Crippen LogP contribution in [0.2, 0.25) is 0 Å². The fourth-order valence-electron chi connectivity index (χ4n) is 1.73. The molecule has 1 aliphatic heterocycles. The molecule has 0 aromatic carbocycles. The van der Waals surface area contributed by atoms with Crippen LogP contribution in [0.4, 0.5) is 0 Å². The Balaban J connectivity index is 2.10. The lowest BCUT2D eigenvalue weighted by Crippen LogP contribution is -2.13. The first kappa shape index (κ1) is 12.4. The van der Waals surface area contributed by atoms with Gasteiger partial charge in [-0.05, 0) is 57.7 Å². The monoisotopic (exact) mass is 372 g/mol. The molecule has 0 spiro atoms. The highest BCUT2D eigenvalue weighted by molar-refractivity contribution is 9.13. The van der Waals surface area contributed by atoms with E-state index in [1.165, 1.54) is 0 Å². The number of thiophene rings is 1. The van der Waals surface area contributed by atoms with Crippen molar-refractivity contribution in [2.45, 2.75) is 37.4 Å². The molecule has 0 N–H and O–H groups in total. The van der Waals surface area contributed by atoms with Gasteiger partial charge in [-0.3, -0.25) is 0 Å². The summed E-state index contributed by atoms with van der Waals surface area (Å²) in [6, 6.07) is 2.07. The molecular formula is C10H11Br2ClOS. The second-order valence-electron chi connectivity index (χ2n) is 3.73. The van der Waals surface area contributed by atoms with Gasteiger partial charge in [-0.15, -0.1) is 22.9 Å². The van der Waals surface area contributed by atoms with E-state index in [1.807, 2.05) is 0 Å². The molecule has 1 aliphatic rings. The molecule has 1 nitrogen and oxygen atoms in total. The van der Waals surface area contributed by atoms with Crippen molar-refractivity contribution in [2.24, 2.45) is 0 Å². The summed E-state index contributed by atoms with van der Waals surface area (Å²) in [7, 11) is 0. The number of rotatable bonds is 2. The van der Waals surface area contributed by atoms with Gasteiger partial charge in [0.15, 0.2) is 0 Å². The van der Waals surface area contributed by atoms with Crippen LogP contribution in [0, 0.1) is 0 Å². The van der Waals surface area contributed by atoms with E-state index in [1.54, 1.807) is 11.3 Å². The number of hydrogen-bond acceptors (Lipinski definition) is 2. The third-order valence-electron chi connectivity index (χ3n) is 2.53. The Labute approximate surface area is 115 Å². The van der Waals surface area contributed by atoms with E-state index in [2.05, 4.69) is 44.8 Å². The van der Waals surface area contributed by atoms with E-state index >= 15 is 0 Å². The van der Waals surface area contributed by atoms with Crippen LogP contribution in [0.15, 0.2) is 14.3 Å². The second kappa shape index (κ2) is 5.05. The van der Waals surface area contributed by atoms with Crippen molar-refractivity contribution in [3.05, 3.63) is 19.2 Å². The molecule has 84 valence electrons. The highest BCUT2D eigenvalue weighted by atomic mass is 79.9. The molecule has 1 fully saturated rings. The first-order valence-electron chi connectivity index (χ1n) is 4.82. The molecule has 0 radical (unpaired) electrons. The molecule has 1 aromatic rings. The van der Waals surface area contributed by atoms with Crippen LogP contribution in [0.25, 0.3) is 0 Å². The first-order chi connectivity index (χ1) is 7.08. The van der Waals surface area contributed by atoms with Gasteiger partial charge in [-0.2, -0.15) is 0 Å². The van der Waals surface area contributed by atoms with Gasteiger partial charge in [0, 0.05) is 9.35 Å². The summed E-state index contributed by atoms with van der Waals surface area (Å²) >= 11 is 15.0. The maximum atomic E-state index is 6.41. The first-order valence-corrected chi connectivity index (χ1v) is 7.66. The molecule has 0 saturated carbocycles. The van der Waals surface area contributed by atoms with Crippen LogP contribution >= 0.6 is 54.8 Å². The summed E-state index contributed by atoms with van der Waals surface area (Å²) in [4.78, 5) is 1.16. The minimum atomic E-state index is -0.0254. The number of alkyl halides is 1. The molecule has 1 aromatic heterocycles. The fraction of sp³-hybridized carbons (Fsp3) is 0.600. The predicted octanol–water partition coefficient (Wildman–Crippen LogP) is 5.12. The lowest BCUT2D eigenvalue weighted by molar-refractivity contribution is 0.0538. The van der Waals surface area contributed by atoms with Crippen molar-refractivity contribution in [3.63, 3.8) is 0 Å². The molecule has 1 saturated heterocycles. The summed E-state index contributed by atoms with van der Waals surface area (Å²) < 4.78 is 7.93. The van der Waals surface area contributed by atoms with E-state index in [0.717, 1.165) is 26.0 Å². The van der Waals surface area contributed by atoms with Crippen molar-refractivity contribution in [1.29, 1.82) is 0 Å². The molecule has 0 amide bonds. The van der Waals surface area contributed by atoms with Crippen molar-refractivity contribution >= 4 is 54.8 Å². The van der Waals surface area contributed by atoms with Gasteiger partial charge in [0.05, 0.1) is 21.4 Å². The normalized spacial score (nSPS) is 28.3. The van der Waals surface area contributed by atoms with E-state index in [9.17, 15) is 0 Å². The van der Waals surface area contributed by atoms with Crippen LogP contribution in [-0.4, -0.2) is 12.2 Å². The van der Waals surface area contributed by atoms with E-state index < -0.39 is 0 Å². The Morgan fingerprint density at radius 2 is 2.27 bits per heavy atom. The van der Waals surface area contributed by atoms with Gasteiger partial charge in [0.1, 0.15) is 0 Å². The summed E-state index contributed by atoms with van der Waals surface area (Å²) in [5, 5.41) is -0.0254. The van der Waals surface area contributed by atoms with Crippen molar-refractivity contribution in [1.82, 2.24) is 0 Å². The lowest BCUT2D eigenvalue weighted by Gasteiger charge is -2.15. The van der Waals surface area contributed by atoms with Crippen LogP contribution in [0.5, 0.6) is 0 Å². The highest BCUT2D eigenvalue weighted by Gasteiger charge is 2.30. The average Bonchev–Trinajstić information content (AvgIpc) is 2.74. The van der Waals surface area contributed by atoms with Crippen molar-refractivity contribution in [2.75, 3.05) is 0 Å². The minimum Gasteiger partial charge on any atom is -0.373 e. The topological polar surface area (TPSA) is 9.23 Å². The zero-order chi connectivity index (χ0) is 11.0. The van der Waals surface area contributed by atoms with Gasteiger partial charge in [0.2, 0.25) is 0 Å². The third kappa shape index (κ3) is 2.78. The fourth-order valence-corrected chi connectivity index (χ4v) is 4.23. The van der Waals surface area contributed by atoms with Crippen molar-refractivity contribution < 1.29 is 4.74 Å². The SMILES string of the molecule is CC1CCC(C(Cl)c2cc(Br)c(Br)s2)O1. The predicted molar refractivity (Wildman–Crippen MR) is 71.9 cm³/mol. The van der Waals surface area contributed by atoms with Crippen LogP contribution in [0.1, 0.15) is 30.0 Å². The zero-order valence-electron chi connectivity index (χ0n) is 8.17. The van der Waals surface area contributed by atoms with E-state index in [0.29, 0.717) is 6.10 Å². The van der Waals surface area contributed by atoms with Gasteiger partial charge >= 0.3 is 0 Å². The van der Waals surface area contributed by atoms with Gasteiger partial charge < -0.3 is 4.74 Å². The Morgan fingerprint density at radius 3 is 2.73 bits per heavy atom. The standard InChI is InChI=1S/C10H11Br2ClOS/c1-5-2-3-7(14-5)9(13)8-4-6(11)10(12)15-8/h4-5,7,9H,2-3H2,1H3. The largest absolute Gasteiger partial charge is 0.373 e. The Morgan fingerprint density at radius 1 is 1.53 bits per heavy atom. The molecule has 3 unspecified atom stereocenters. The van der Waals surface area contributed by atoms with Crippen LogP contribution in [-0.2, 0) is 4.74 Å². The molecule has 0 bridgehead atoms. The number of halogens is 3. The molecule has 0 aliphatic carbocycles. The highest BCUT2D eigenvalue weighted by Crippen LogP contribution is 2.42. The minimum absolute atomic E-state index is 0.0254. The van der Waals surface area contributed by atoms with Crippen LogP contribution in [0.3, 0.4) is 0 Å². The van der Waals surface area contributed by atoms with Gasteiger partial charge in [0.25, 0.3) is 0 Å². The van der Waals surface area contributed by atoms with Gasteiger partial charge in [-0.25, -0.2) is 0 Å². The lowest BCUT2D eigenvalue weighted by atomic mass is 10.1. The summed E-state index contributed by atoms with van der Waals surface area (Å²) in [6.07, 6.45) is 2.69. The van der Waals surface area contributed by atoms with E-state index in [-0.39, 0.29) is 11.5 Å². The maximum Gasteiger partial charge on any atom is 0.0940 e. The maximum absolute atomic E-state index is 6.41. The quantitative estimate of drug-likeness (QED) is 0.653. The number of ether oxygens (including phenoxy) is 1. The molecule has 2 rings (SSSR count). The molecule has 2 heterocycles. The molecule has 3 atom stereocenters. The Bertz CT molecular complexity index is 336. The van der Waals surface area contributed by atoms with Crippen molar-refractivity contribution in [3.8, 4) is 0 Å². The zero-order valence-corrected chi connectivity index (χ0v) is 12.9. The average molecular weight is 375 g/mol. The Kier molecular flexibility index (Phi) is 4.16. The molecule has 15 heavy (non-hydrogen) atoms. The summed E-state index contributed by atoms with van der Waals surface area (Å²) in [5.74, 6) is 0. The Hall–Kier alpha value is 0.910. The summed E-state index contributed by atoms with van der Waals surface area (Å²) in [6.45, 7) is 2.10.